The number of aromatic nitrogens is 2. The summed E-state index contributed by atoms with van der Waals surface area (Å²) in [5, 5.41) is 10.6. The van der Waals surface area contributed by atoms with Gasteiger partial charge in [0, 0.05) is 26.4 Å². The van der Waals surface area contributed by atoms with Crippen molar-refractivity contribution in [2.75, 3.05) is 20.3 Å². The molecule has 1 unspecified atom stereocenters. The number of nitrogens with one attached hydrogen (secondary N) is 2. The molecule has 1 atom stereocenters. The Morgan fingerprint density at radius 2 is 2.14 bits per heavy atom. The molecule has 1 heterocycles. The number of amides is 1. The minimum atomic E-state index is -0.250. The smallest absolute Gasteiger partial charge is 0.236 e. The number of hydrogen-bond acceptors (Lipinski definition) is 4. The highest BCUT2D eigenvalue weighted by Gasteiger charge is 2.13. The van der Waals surface area contributed by atoms with Crippen molar-refractivity contribution in [1.29, 1.82) is 0 Å². The molecular weight excluding hydrogens is 268 g/mol. The molecule has 1 aromatic rings. The summed E-state index contributed by atoms with van der Waals surface area (Å²) in [4.78, 5) is 11.8. The van der Waals surface area contributed by atoms with E-state index in [9.17, 15) is 4.79 Å². The first-order chi connectivity index (χ1) is 10.1. The van der Waals surface area contributed by atoms with E-state index in [0.29, 0.717) is 25.7 Å². The van der Waals surface area contributed by atoms with Crippen LogP contribution in [0.25, 0.3) is 0 Å². The van der Waals surface area contributed by atoms with E-state index in [1.54, 1.807) is 7.11 Å². The second-order valence-corrected chi connectivity index (χ2v) is 5.14. The number of carbonyl (C=O) groups excluding carboxylic acids is 1. The van der Waals surface area contributed by atoms with E-state index in [4.69, 9.17) is 4.74 Å². The third kappa shape index (κ3) is 5.85. The van der Waals surface area contributed by atoms with Crippen molar-refractivity contribution in [3.8, 4) is 0 Å². The highest BCUT2D eigenvalue weighted by molar-refractivity contribution is 5.81. The lowest BCUT2D eigenvalue weighted by atomic mass is 10.2. The summed E-state index contributed by atoms with van der Waals surface area (Å²) in [5.41, 5.74) is 0.957. The van der Waals surface area contributed by atoms with Gasteiger partial charge in [-0.3, -0.25) is 9.48 Å². The summed E-state index contributed by atoms with van der Waals surface area (Å²) in [6.07, 6.45) is 4.16. The standard InChI is InChI=1S/C15H28N4O2/c1-5-14(6-2)19-9-7-13(18-19)11-17-12(3)15(20)16-8-10-21-4/h7,9,12,14,17H,5-6,8,10-11H2,1-4H3,(H,16,20). The monoisotopic (exact) mass is 296 g/mol. The van der Waals surface area contributed by atoms with Crippen molar-refractivity contribution in [3.63, 3.8) is 0 Å². The van der Waals surface area contributed by atoms with Crippen molar-refractivity contribution in [2.45, 2.75) is 52.2 Å². The summed E-state index contributed by atoms with van der Waals surface area (Å²) in [6, 6.07) is 2.20. The summed E-state index contributed by atoms with van der Waals surface area (Å²) < 4.78 is 6.91. The summed E-state index contributed by atoms with van der Waals surface area (Å²) in [7, 11) is 1.62. The van der Waals surface area contributed by atoms with Crippen LogP contribution >= 0.6 is 0 Å². The van der Waals surface area contributed by atoms with E-state index in [-0.39, 0.29) is 11.9 Å². The quantitative estimate of drug-likeness (QED) is 0.642. The summed E-state index contributed by atoms with van der Waals surface area (Å²) >= 11 is 0. The first-order valence-electron chi connectivity index (χ1n) is 7.66. The van der Waals surface area contributed by atoms with Crippen LogP contribution in [0.1, 0.15) is 45.3 Å². The predicted molar refractivity (Wildman–Crippen MR) is 83.0 cm³/mol. The van der Waals surface area contributed by atoms with Gasteiger partial charge < -0.3 is 15.4 Å². The van der Waals surface area contributed by atoms with Gasteiger partial charge in [0.05, 0.1) is 24.4 Å². The lowest BCUT2D eigenvalue weighted by Crippen LogP contribution is -2.42. The van der Waals surface area contributed by atoms with E-state index in [0.717, 1.165) is 18.5 Å². The van der Waals surface area contributed by atoms with Crippen molar-refractivity contribution in [3.05, 3.63) is 18.0 Å². The molecule has 0 aliphatic rings. The third-order valence-electron chi connectivity index (χ3n) is 3.57. The Balaban J connectivity index is 2.39. The van der Waals surface area contributed by atoms with Crippen molar-refractivity contribution in [1.82, 2.24) is 20.4 Å². The molecule has 0 spiro atoms. The molecule has 0 fully saturated rings. The minimum Gasteiger partial charge on any atom is -0.383 e. The fourth-order valence-corrected chi connectivity index (χ4v) is 2.12. The SMILES string of the molecule is CCC(CC)n1ccc(CNC(C)C(=O)NCCOC)n1. The van der Waals surface area contributed by atoms with Gasteiger partial charge in [-0.05, 0) is 25.8 Å². The molecule has 0 saturated carbocycles. The van der Waals surface area contributed by atoms with Crippen LogP contribution in [0.3, 0.4) is 0 Å². The van der Waals surface area contributed by atoms with E-state index in [2.05, 4.69) is 29.6 Å². The number of carbonyl (C=O) groups is 1. The molecule has 6 heteroatoms. The number of nitrogens with zero attached hydrogens (tertiary/aromatic N) is 2. The molecule has 0 radical (unpaired) electrons. The van der Waals surface area contributed by atoms with Gasteiger partial charge in [0.15, 0.2) is 0 Å². The zero-order chi connectivity index (χ0) is 15.7. The first-order valence-corrected chi connectivity index (χ1v) is 7.66. The van der Waals surface area contributed by atoms with Crippen LogP contribution in [0.4, 0.5) is 0 Å². The molecule has 6 nitrogen and oxygen atoms in total. The highest BCUT2D eigenvalue weighted by Crippen LogP contribution is 2.14. The zero-order valence-corrected chi connectivity index (χ0v) is 13.6. The Bertz CT molecular complexity index is 416. The van der Waals surface area contributed by atoms with Gasteiger partial charge in [0.2, 0.25) is 5.91 Å². The second-order valence-electron chi connectivity index (χ2n) is 5.14. The topological polar surface area (TPSA) is 68.2 Å². The average molecular weight is 296 g/mol. The fourth-order valence-electron chi connectivity index (χ4n) is 2.12. The molecule has 0 aliphatic carbocycles. The maximum atomic E-state index is 11.8. The van der Waals surface area contributed by atoms with Gasteiger partial charge in [0.25, 0.3) is 0 Å². The molecule has 1 amide bonds. The van der Waals surface area contributed by atoms with Crippen molar-refractivity contribution < 1.29 is 9.53 Å². The Hall–Kier alpha value is -1.40. The number of methoxy groups -OCH3 is 1. The Morgan fingerprint density at radius 3 is 2.76 bits per heavy atom. The van der Waals surface area contributed by atoms with Crippen LogP contribution in [0.5, 0.6) is 0 Å². The molecule has 1 aromatic heterocycles. The largest absolute Gasteiger partial charge is 0.383 e. The maximum absolute atomic E-state index is 11.8. The average Bonchev–Trinajstić information content (AvgIpc) is 2.95. The first kappa shape index (κ1) is 17.7. The minimum absolute atomic E-state index is 0.0218. The van der Waals surface area contributed by atoms with Gasteiger partial charge in [-0.25, -0.2) is 0 Å². The van der Waals surface area contributed by atoms with Gasteiger partial charge >= 0.3 is 0 Å². The summed E-state index contributed by atoms with van der Waals surface area (Å²) in [5.74, 6) is -0.0218. The van der Waals surface area contributed by atoms with E-state index in [1.165, 1.54) is 0 Å². The van der Waals surface area contributed by atoms with Crippen LogP contribution in [0.2, 0.25) is 0 Å². The van der Waals surface area contributed by atoms with Crippen LogP contribution in [-0.2, 0) is 16.1 Å². The molecule has 0 bridgehead atoms. The number of rotatable bonds is 10. The third-order valence-corrected chi connectivity index (χ3v) is 3.57. The number of ether oxygens (including phenoxy) is 1. The molecule has 0 saturated heterocycles. The molecule has 0 aromatic carbocycles. The van der Waals surface area contributed by atoms with Crippen LogP contribution in [0, 0.1) is 0 Å². The number of hydrogen-bond donors (Lipinski definition) is 2. The molecular formula is C15H28N4O2. The summed E-state index contributed by atoms with van der Waals surface area (Å²) in [6.45, 7) is 7.83. The van der Waals surface area contributed by atoms with Gasteiger partial charge in [-0.2, -0.15) is 5.10 Å². The molecule has 1 rings (SSSR count). The Labute approximate surface area is 127 Å². The molecule has 0 aliphatic heterocycles. The van der Waals surface area contributed by atoms with Gasteiger partial charge in [-0.15, -0.1) is 0 Å². The van der Waals surface area contributed by atoms with E-state index < -0.39 is 0 Å². The lowest BCUT2D eigenvalue weighted by Gasteiger charge is -2.14. The van der Waals surface area contributed by atoms with Gasteiger partial charge in [-0.1, -0.05) is 13.8 Å². The van der Waals surface area contributed by atoms with Crippen molar-refractivity contribution >= 4 is 5.91 Å². The van der Waals surface area contributed by atoms with E-state index in [1.807, 2.05) is 23.9 Å². The maximum Gasteiger partial charge on any atom is 0.236 e. The molecule has 120 valence electrons. The van der Waals surface area contributed by atoms with Crippen LogP contribution in [-0.4, -0.2) is 42.0 Å². The normalized spacial score (nSPS) is 12.6. The van der Waals surface area contributed by atoms with Crippen LogP contribution in [0.15, 0.2) is 12.3 Å². The fraction of sp³-hybridized carbons (Fsp3) is 0.733. The molecule has 21 heavy (non-hydrogen) atoms. The second kappa shape index (κ2) is 9.52. The molecule has 2 N–H and O–H groups in total. The van der Waals surface area contributed by atoms with E-state index >= 15 is 0 Å². The highest BCUT2D eigenvalue weighted by atomic mass is 16.5. The van der Waals surface area contributed by atoms with Gasteiger partial charge in [0.1, 0.15) is 0 Å². The van der Waals surface area contributed by atoms with Crippen molar-refractivity contribution in [2.24, 2.45) is 0 Å². The Morgan fingerprint density at radius 1 is 1.43 bits per heavy atom. The zero-order valence-electron chi connectivity index (χ0n) is 13.6. The lowest BCUT2D eigenvalue weighted by molar-refractivity contribution is -0.123. The van der Waals surface area contributed by atoms with Crippen LogP contribution < -0.4 is 10.6 Å². The predicted octanol–water partition coefficient (Wildman–Crippen LogP) is 1.48. The Kier molecular flexibility index (Phi) is 8.00.